The minimum atomic E-state index is -0.0579. The molecule has 0 aliphatic heterocycles. The summed E-state index contributed by atoms with van der Waals surface area (Å²) in [7, 11) is 0. The van der Waals surface area contributed by atoms with Gasteiger partial charge in [-0.1, -0.05) is 41.4 Å². The van der Waals surface area contributed by atoms with E-state index in [0.717, 1.165) is 5.75 Å². The van der Waals surface area contributed by atoms with Crippen LogP contribution < -0.4 is 5.32 Å². The first kappa shape index (κ1) is 14.9. The molecular formula is C15H15ClN2OS. The van der Waals surface area contributed by atoms with Crippen LogP contribution in [-0.2, 0) is 10.5 Å². The summed E-state index contributed by atoms with van der Waals surface area (Å²) in [5.74, 6) is 1.69. The second-order valence-corrected chi connectivity index (χ2v) is 5.81. The Morgan fingerprint density at radius 3 is 2.90 bits per heavy atom. The number of aryl methyl sites for hydroxylation is 1. The van der Waals surface area contributed by atoms with Crippen LogP contribution in [0.25, 0.3) is 0 Å². The number of carbonyl (C=O) groups excluding carboxylic acids is 1. The molecule has 1 N–H and O–H groups in total. The van der Waals surface area contributed by atoms with E-state index in [1.165, 1.54) is 17.3 Å². The molecule has 0 saturated carbocycles. The van der Waals surface area contributed by atoms with Crippen molar-refractivity contribution in [3.63, 3.8) is 0 Å². The zero-order valence-electron chi connectivity index (χ0n) is 11.1. The van der Waals surface area contributed by atoms with Crippen molar-refractivity contribution in [3.8, 4) is 0 Å². The molecule has 1 aromatic carbocycles. The molecule has 1 heterocycles. The van der Waals surface area contributed by atoms with Gasteiger partial charge < -0.3 is 5.32 Å². The number of halogens is 1. The smallest absolute Gasteiger partial charge is 0.235 e. The van der Waals surface area contributed by atoms with Crippen LogP contribution in [0.3, 0.4) is 0 Å². The molecule has 2 aromatic rings. The van der Waals surface area contributed by atoms with Crippen molar-refractivity contribution in [1.29, 1.82) is 0 Å². The van der Waals surface area contributed by atoms with Gasteiger partial charge in [0, 0.05) is 11.9 Å². The number of nitrogens with zero attached hydrogens (tertiary/aromatic N) is 1. The third-order valence-electron chi connectivity index (χ3n) is 2.58. The zero-order valence-corrected chi connectivity index (χ0v) is 12.7. The van der Waals surface area contributed by atoms with Crippen molar-refractivity contribution in [2.75, 3.05) is 11.1 Å². The quantitative estimate of drug-likeness (QED) is 0.910. The fourth-order valence-electron chi connectivity index (χ4n) is 1.69. The molecule has 0 radical (unpaired) electrons. The summed E-state index contributed by atoms with van der Waals surface area (Å²) in [5.41, 5.74) is 2.46. The standard InChI is InChI=1S/C15H15ClN2OS/c1-11-3-2-4-12(7-11)9-20-10-15(19)18-14-6-5-13(16)8-17-14/h2-8H,9-10H2,1H3,(H,17,18,19). The normalized spacial score (nSPS) is 10.3. The first-order valence-corrected chi connectivity index (χ1v) is 7.71. The van der Waals surface area contributed by atoms with E-state index in [-0.39, 0.29) is 5.91 Å². The van der Waals surface area contributed by atoms with Gasteiger partial charge in [-0.25, -0.2) is 4.98 Å². The third-order valence-corrected chi connectivity index (χ3v) is 3.81. The molecule has 104 valence electrons. The van der Waals surface area contributed by atoms with Crippen molar-refractivity contribution >= 4 is 35.1 Å². The molecule has 0 fully saturated rings. The number of nitrogens with one attached hydrogen (secondary N) is 1. The lowest BCUT2D eigenvalue weighted by Crippen LogP contribution is -2.15. The van der Waals surface area contributed by atoms with E-state index in [4.69, 9.17) is 11.6 Å². The lowest BCUT2D eigenvalue weighted by Gasteiger charge is -2.05. The molecule has 0 atom stereocenters. The van der Waals surface area contributed by atoms with Crippen molar-refractivity contribution in [1.82, 2.24) is 4.98 Å². The van der Waals surface area contributed by atoms with Gasteiger partial charge in [0.25, 0.3) is 0 Å². The van der Waals surface area contributed by atoms with E-state index in [1.54, 1.807) is 23.9 Å². The molecule has 3 nitrogen and oxygen atoms in total. The summed E-state index contributed by atoms with van der Waals surface area (Å²) in [4.78, 5) is 15.8. The Morgan fingerprint density at radius 1 is 1.35 bits per heavy atom. The van der Waals surface area contributed by atoms with Gasteiger partial charge >= 0.3 is 0 Å². The Kier molecular flexibility index (Phi) is 5.44. The van der Waals surface area contributed by atoms with Gasteiger partial charge in [-0.05, 0) is 24.6 Å². The van der Waals surface area contributed by atoms with E-state index in [9.17, 15) is 4.79 Å². The average molecular weight is 307 g/mol. The summed E-state index contributed by atoms with van der Waals surface area (Å²) >= 11 is 7.31. The Morgan fingerprint density at radius 2 is 2.20 bits per heavy atom. The van der Waals surface area contributed by atoms with Crippen LogP contribution in [0.2, 0.25) is 5.02 Å². The molecule has 0 bridgehead atoms. The number of amides is 1. The number of benzene rings is 1. The van der Waals surface area contributed by atoms with E-state index >= 15 is 0 Å². The predicted molar refractivity (Wildman–Crippen MR) is 85.2 cm³/mol. The minimum absolute atomic E-state index is 0.0579. The average Bonchev–Trinajstić information content (AvgIpc) is 2.41. The van der Waals surface area contributed by atoms with E-state index in [0.29, 0.717) is 16.6 Å². The van der Waals surface area contributed by atoms with Crippen LogP contribution in [0.1, 0.15) is 11.1 Å². The number of carbonyl (C=O) groups is 1. The molecule has 2 rings (SSSR count). The largest absolute Gasteiger partial charge is 0.310 e. The molecule has 5 heteroatoms. The molecule has 0 unspecified atom stereocenters. The summed E-state index contributed by atoms with van der Waals surface area (Å²) in [6, 6.07) is 11.7. The molecule has 1 amide bonds. The lowest BCUT2D eigenvalue weighted by molar-refractivity contribution is -0.113. The molecule has 20 heavy (non-hydrogen) atoms. The van der Waals surface area contributed by atoms with E-state index in [1.807, 2.05) is 6.07 Å². The van der Waals surface area contributed by atoms with Gasteiger partial charge in [-0.3, -0.25) is 4.79 Å². The lowest BCUT2D eigenvalue weighted by atomic mass is 10.2. The minimum Gasteiger partial charge on any atom is -0.310 e. The van der Waals surface area contributed by atoms with Crippen LogP contribution in [0, 0.1) is 6.92 Å². The topological polar surface area (TPSA) is 42.0 Å². The number of rotatable bonds is 5. The Balaban J connectivity index is 1.76. The van der Waals surface area contributed by atoms with Crippen molar-refractivity contribution in [3.05, 3.63) is 58.7 Å². The maximum absolute atomic E-state index is 11.7. The highest BCUT2D eigenvalue weighted by Gasteiger charge is 2.04. The Hall–Kier alpha value is -1.52. The first-order chi connectivity index (χ1) is 9.63. The third kappa shape index (κ3) is 4.87. The highest BCUT2D eigenvalue weighted by Crippen LogP contribution is 2.14. The maximum Gasteiger partial charge on any atom is 0.235 e. The molecular weight excluding hydrogens is 292 g/mol. The van der Waals surface area contributed by atoms with E-state index in [2.05, 4.69) is 35.4 Å². The highest BCUT2D eigenvalue weighted by molar-refractivity contribution is 7.99. The van der Waals surface area contributed by atoms with Gasteiger partial charge in [0.15, 0.2) is 0 Å². The molecule has 0 saturated heterocycles. The molecule has 0 aliphatic rings. The molecule has 0 aliphatic carbocycles. The summed E-state index contributed by atoms with van der Waals surface area (Å²) in [6.07, 6.45) is 1.51. The number of hydrogen-bond donors (Lipinski definition) is 1. The van der Waals surface area contributed by atoms with Crippen LogP contribution in [0.4, 0.5) is 5.82 Å². The predicted octanol–water partition coefficient (Wildman–Crippen LogP) is 3.92. The number of anilines is 1. The van der Waals surface area contributed by atoms with Gasteiger partial charge in [-0.2, -0.15) is 0 Å². The fraction of sp³-hybridized carbons (Fsp3) is 0.200. The van der Waals surface area contributed by atoms with Gasteiger partial charge in [-0.15, -0.1) is 11.8 Å². The van der Waals surface area contributed by atoms with Crippen LogP contribution >= 0.6 is 23.4 Å². The monoisotopic (exact) mass is 306 g/mol. The second kappa shape index (κ2) is 7.31. The fourth-order valence-corrected chi connectivity index (χ4v) is 2.58. The van der Waals surface area contributed by atoms with Crippen molar-refractivity contribution in [2.24, 2.45) is 0 Å². The number of thioether (sulfide) groups is 1. The second-order valence-electron chi connectivity index (χ2n) is 4.39. The molecule has 0 spiro atoms. The van der Waals surface area contributed by atoms with E-state index < -0.39 is 0 Å². The molecule has 1 aromatic heterocycles. The van der Waals surface area contributed by atoms with Gasteiger partial charge in [0.2, 0.25) is 5.91 Å². The van der Waals surface area contributed by atoms with Crippen LogP contribution in [-0.4, -0.2) is 16.6 Å². The highest BCUT2D eigenvalue weighted by atomic mass is 35.5. The Bertz CT molecular complexity index is 587. The maximum atomic E-state index is 11.7. The SMILES string of the molecule is Cc1cccc(CSCC(=O)Nc2ccc(Cl)cn2)c1. The van der Waals surface area contributed by atoms with Gasteiger partial charge in [0.1, 0.15) is 5.82 Å². The van der Waals surface area contributed by atoms with Crippen LogP contribution in [0.15, 0.2) is 42.6 Å². The van der Waals surface area contributed by atoms with Crippen molar-refractivity contribution < 1.29 is 4.79 Å². The number of pyridine rings is 1. The van der Waals surface area contributed by atoms with Crippen LogP contribution in [0.5, 0.6) is 0 Å². The summed E-state index contributed by atoms with van der Waals surface area (Å²) < 4.78 is 0. The van der Waals surface area contributed by atoms with Crippen molar-refractivity contribution in [2.45, 2.75) is 12.7 Å². The summed E-state index contributed by atoms with van der Waals surface area (Å²) in [5, 5.41) is 3.29. The first-order valence-electron chi connectivity index (χ1n) is 6.18. The Labute approximate surface area is 127 Å². The zero-order chi connectivity index (χ0) is 14.4. The van der Waals surface area contributed by atoms with Gasteiger partial charge in [0.05, 0.1) is 10.8 Å². The summed E-state index contributed by atoms with van der Waals surface area (Å²) in [6.45, 7) is 2.06. The number of hydrogen-bond acceptors (Lipinski definition) is 3. The number of aromatic nitrogens is 1.